The molecule has 0 saturated heterocycles. The third kappa shape index (κ3) is 4.32. The quantitative estimate of drug-likeness (QED) is 0.386. The van der Waals surface area contributed by atoms with E-state index in [0.29, 0.717) is 17.3 Å². The minimum atomic E-state index is -0.863. The normalized spacial score (nSPS) is 11.9. The number of nitrogens with one attached hydrogen (secondary N) is 1. The lowest BCUT2D eigenvalue weighted by molar-refractivity contribution is 0.466. The predicted octanol–water partition coefficient (Wildman–Crippen LogP) is 5.33. The highest BCUT2D eigenvalue weighted by Crippen LogP contribution is 2.32. The van der Waals surface area contributed by atoms with Crippen molar-refractivity contribution in [2.24, 2.45) is 0 Å². The van der Waals surface area contributed by atoms with Crippen LogP contribution in [0.5, 0.6) is 5.75 Å². The Kier molecular flexibility index (Phi) is 5.78. The molecule has 4 aromatic carbocycles. The van der Waals surface area contributed by atoms with Gasteiger partial charge in [-0.2, -0.15) is 0 Å². The Morgan fingerprint density at radius 3 is 2.29 bits per heavy atom. The topological polar surface area (TPSA) is 69.6 Å². The van der Waals surface area contributed by atoms with E-state index in [0.717, 1.165) is 11.4 Å². The predicted molar refractivity (Wildman–Crippen MR) is 126 cm³/mol. The van der Waals surface area contributed by atoms with Crippen LogP contribution in [0.4, 0.5) is 22.7 Å². The summed E-state index contributed by atoms with van der Waals surface area (Å²) in [5.74, 6) is -0.284. The molecule has 31 heavy (non-hydrogen) atoms. The average Bonchev–Trinajstić information content (AvgIpc) is 2.81. The molecule has 156 valence electrons. The van der Waals surface area contributed by atoms with E-state index < -0.39 is 16.6 Å². The van der Waals surface area contributed by atoms with Crippen LogP contribution in [0.3, 0.4) is 0 Å². The molecule has 5 nitrogen and oxygen atoms in total. The van der Waals surface area contributed by atoms with Crippen LogP contribution in [-0.2, 0) is 0 Å². The lowest BCUT2D eigenvalue weighted by Crippen LogP contribution is -2.32. The van der Waals surface area contributed by atoms with Crippen molar-refractivity contribution in [3.63, 3.8) is 0 Å². The second-order valence-corrected chi connectivity index (χ2v) is 7.89. The molecule has 6 heteroatoms. The van der Waals surface area contributed by atoms with Crippen molar-refractivity contribution >= 4 is 34.4 Å². The van der Waals surface area contributed by atoms with Gasteiger partial charge in [-0.05, 0) is 53.9 Å². The fourth-order valence-electron chi connectivity index (χ4n) is 3.53. The number of halogens is 1. The monoisotopic (exact) mass is 432 g/mol. The van der Waals surface area contributed by atoms with Gasteiger partial charge in [0.25, 0.3) is 10.9 Å². The molecule has 0 aromatic heterocycles. The van der Waals surface area contributed by atoms with Crippen LogP contribution in [0.25, 0.3) is 0 Å². The third-order valence-corrected chi connectivity index (χ3v) is 5.53. The highest BCUT2D eigenvalue weighted by molar-refractivity contribution is 6.30. The van der Waals surface area contributed by atoms with Gasteiger partial charge in [-0.1, -0.05) is 54.9 Å². The molecule has 1 unspecified atom stereocenters. The number of aromatic hydroxyl groups is 1. The molecule has 0 aliphatic rings. The van der Waals surface area contributed by atoms with Crippen LogP contribution in [0.2, 0.25) is 5.02 Å². The van der Waals surface area contributed by atoms with E-state index in [2.05, 4.69) is 29.3 Å². The van der Waals surface area contributed by atoms with Gasteiger partial charge >= 0.3 is 0 Å². The minimum absolute atomic E-state index is 0.0714. The molecule has 0 heterocycles. The molecule has 4 aromatic rings. The van der Waals surface area contributed by atoms with Gasteiger partial charge < -0.3 is 15.3 Å². The summed E-state index contributed by atoms with van der Waals surface area (Å²) >= 11 is 6.09. The second kappa shape index (κ2) is 8.66. The second-order valence-electron chi connectivity index (χ2n) is 7.46. The molecule has 2 N–H and O–H groups in total. The van der Waals surface area contributed by atoms with Crippen molar-refractivity contribution in [3.05, 3.63) is 110 Å². The summed E-state index contributed by atoms with van der Waals surface area (Å²) in [7, 11) is 0. The van der Waals surface area contributed by atoms with Gasteiger partial charge in [-0.25, -0.2) is 0 Å². The van der Waals surface area contributed by atoms with Crippen LogP contribution in [0.1, 0.15) is 18.4 Å². The Hall–Kier alpha value is -3.57. The first-order valence-corrected chi connectivity index (χ1v) is 10.3. The fraction of sp³-hybridized carbons (Fsp3) is 0.120. The average molecular weight is 433 g/mol. The minimum Gasteiger partial charge on any atom is -0.502 e. The number of nitrogens with zero attached hydrogens (tertiary/aromatic N) is 1. The van der Waals surface area contributed by atoms with Crippen LogP contribution in [0.15, 0.2) is 88.5 Å². The van der Waals surface area contributed by atoms with Gasteiger partial charge in [0.15, 0.2) is 5.75 Å². The van der Waals surface area contributed by atoms with Gasteiger partial charge in [0.05, 0.1) is 0 Å². The fourth-order valence-corrected chi connectivity index (χ4v) is 3.66. The summed E-state index contributed by atoms with van der Waals surface area (Å²) < 4.78 is 0. The lowest BCUT2D eigenvalue weighted by atomic mass is 10.00. The Morgan fingerprint density at radius 1 is 0.903 bits per heavy atom. The first-order chi connectivity index (χ1) is 14.9. The molecule has 0 bridgehead atoms. The summed E-state index contributed by atoms with van der Waals surface area (Å²) in [6.45, 7) is 2.88. The number of benzene rings is 3. The zero-order valence-electron chi connectivity index (χ0n) is 16.9. The van der Waals surface area contributed by atoms with Crippen LogP contribution < -0.4 is 21.1 Å². The Bertz CT molecular complexity index is 1260. The van der Waals surface area contributed by atoms with Crippen LogP contribution >= 0.6 is 11.6 Å². The number of hydrogen-bond acceptors (Lipinski definition) is 5. The first-order valence-electron chi connectivity index (χ1n) is 9.91. The molecule has 0 aliphatic carbocycles. The molecule has 0 saturated carbocycles. The van der Waals surface area contributed by atoms with E-state index in [9.17, 15) is 14.7 Å². The smallest absolute Gasteiger partial charge is 0.271 e. The van der Waals surface area contributed by atoms with E-state index in [-0.39, 0.29) is 11.6 Å². The number of anilines is 4. The van der Waals surface area contributed by atoms with Gasteiger partial charge in [-0.15, -0.1) is 0 Å². The maximum Gasteiger partial charge on any atom is 0.271 e. The van der Waals surface area contributed by atoms with E-state index in [1.807, 2.05) is 60.7 Å². The maximum absolute atomic E-state index is 11.7. The highest BCUT2D eigenvalue weighted by Gasteiger charge is 2.21. The van der Waals surface area contributed by atoms with E-state index in [4.69, 9.17) is 11.6 Å². The molecule has 0 radical (unpaired) electrons. The van der Waals surface area contributed by atoms with Crippen molar-refractivity contribution < 1.29 is 5.11 Å². The zero-order valence-corrected chi connectivity index (χ0v) is 17.6. The van der Waals surface area contributed by atoms with E-state index >= 15 is 0 Å². The molecular weight excluding hydrogens is 412 g/mol. The van der Waals surface area contributed by atoms with Crippen molar-refractivity contribution in [1.82, 2.24) is 0 Å². The van der Waals surface area contributed by atoms with Gasteiger partial charge in [-0.3, -0.25) is 9.59 Å². The largest absolute Gasteiger partial charge is 0.502 e. The number of rotatable bonds is 7. The molecule has 4 rings (SSSR count). The molecule has 0 spiro atoms. The molecule has 1 atom stereocenters. The van der Waals surface area contributed by atoms with Gasteiger partial charge in [0.1, 0.15) is 5.69 Å². The van der Waals surface area contributed by atoms with Gasteiger partial charge in [0, 0.05) is 28.6 Å². The van der Waals surface area contributed by atoms with Crippen molar-refractivity contribution in [3.8, 4) is 5.75 Å². The van der Waals surface area contributed by atoms with Gasteiger partial charge in [0.2, 0.25) is 0 Å². The van der Waals surface area contributed by atoms with Crippen LogP contribution in [-0.4, -0.2) is 11.7 Å². The molecule has 0 aliphatic heterocycles. The first kappa shape index (κ1) is 20.7. The lowest BCUT2D eigenvalue weighted by Gasteiger charge is -2.29. The van der Waals surface area contributed by atoms with Crippen molar-refractivity contribution in [1.29, 1.82) is 0 Å². The van der Waals surface area contributed by atoms with E-state index in [1.54, 1.807) is 6.07 Å². The Labute approximate surface area is 184 Å². The molecular formula is C25H21ClN2O3. The SMILES string of the molecule is CC(CN(c1ccc(Cl)cc1)c1cccc(Nc2c(O)c(=O)c2=O)c1)c1ccccc1. The third-order valence-electron chi connectivity index (χ3n) is 5.28. The Balaban J connectivity index is 1.67. The molecule has 0 amide bonds. The van der Waals surface area contributed by atoms with Crippen molar-refractivity contribution in [2.75, 3.05) is 16.8 Å². The van der Waals surface area contributed by atoms with Crippen LogP contribution in [0, 0.1) is 0 Å². The van der Waals surface area contributed by atoms with Crippen molar-refractivity contribution in [2.45, 2.75) is 12.8 Å². The standard InChI is InChI=1S/C25H21ClN2O3/c1-16(17-6-3-2-4-7-17)15-28(20-12-10-18(26)11-13-20)21-9-5-8-19(14-21)27-22-23(29)25(31)24(22)30/h2-14,16,27,29H,15H2,1H3. The summed E-state index contributed by atoms with van der Waals surface area (Å²) in [5, 5.41) is 13.2. The Morgan fingerprint density at radius 2 is 1.61 bits per heavy atom. The summed E-state index contributed by atoms with van der Waals surface area (Å²) in [5.41, 5.74) is 2.05. The highest BCUT2D eigenvalue weighted by atomic mass is 35.5. The summed E-state index contributed by atoms with van der Waals surface area (Å²) in [6.07, 6.45) is 0. The van der Waals surface area contributed by atoms with E-state index in [1.165, 1.54) is 5.56 Å². The number of hydrogen-bond donors (Lipinski definition) is 2. The maximum atomic E-state index is 11.7. The summed E-state index contributed by atoms with van der Waals surface area (Å²) in [4.78, 5) is 25.2. The zero-order chi connectivity index (χ0) is 22.0. The molecule has 0 fully saturated rings. The summed E-state index contributed by atoms with van der Waals surface area (Å²) in [6, 6.07) is 25.4.